The van der Waals surface area contributed by atoms with E-state index in [0.29, 0.717) is 17.9 Å². The molecular weight excluding hydrogens is 416 g/mol. The fourth-order valence-corrected chi connectivity index (χ4v) is 4.70. The van der Waals surface area contributed by atoms with Crippen LogP contribution in [-0.4, -0.2) is 50.3 Å². The molecule has 0 aliphatic carbocycles. The maximum atomic E-state index is 13.3. The first-order valence-electron chi connectivity index (χ1n) is 11.4. The fourth-order valence-electron chi connectivity index (χ4n) is 4.70. The second-order valence-electron chi connectivity index (χ2n) is 8.63. The Kier molecular flexibility index (Phi) is 5.92. The van der Waals surface area contributed by atoms with Crippen LogP contribution in [0.15, 0.2) is 53.3 Å². The summed E-state index contributed by atoms with van der Waals surface area (Å²) in [6.45, 7) is 4.34. The highest BCUT2D eigenvalue weighted by Gasteiger charge is 2.31. The lowest BCUT2D eigenvalue weighted by Gasteiger charge is -2.33. The number of pyridine rings is 1. The van der Waals surface area contributed by atoms with Crippen molar-refractivity contribution in [3.63, 3.8) is 0 Å². The highest BCUT2D eigenvalue weighted by atomic mass is 16.5. The number of hydrogen-bond acceptors (Lipinski definition) is 6. The Bertz CT molecular complexity index is 1300. The third kappa shape index (κ3) is 4.26. The zero-order valence-electron chi connectivity index (χ0n) is 19.0. The van der Waals surface area contributed by atoms with Crippen LogP contribution in [0.3, 0.4) is 0 Å². The van der Waals surface area contributed by atoms with E-state index in [9.17, 15) is 4.79 Å². The van der Waals surface area contributed by atoms with Gasteiger partial charge in [-0.15, -0.1) is 5.10 Å². The Balaban J connectivity index is 1.59. The van der Waals surface area contributed by atoms with Crippen LogP contribution in [0.2, 0.25) is 0 Å². The molecule has 2 aromatic carbocycles. The summed E-state index contributed by atoms with van der Waals surface area (Å²) in [7, 11) is 1.65. The van der Waals surface area contributed by atoms with Crippen molar-refractivity contribution in [2.24, 2.45) is 0 Å². The Morgan fingerprint density at radius 1 is 1.09 bits per heavy atom. The lowest BCUT2D eigenvalue weighted by atomic mass is 9.99. The molecule has 170 valence electrons. The largest absolute Gasteiger partial charge is 0.497 e. The SMILES string of the molecule is COc1ccc(Cn2nnnc2[C@@H](c2cc3cccc(C)c3[nH]c2=O)N2CCCCC2)cc1. The molecule has 0 unspecified atom stereocenters. The van der Waals surface area contributed by atoms with Gasteiger partial charge in [-0.3, -0.25) is 9.69 Å². The van der Waals surface area contributed by atoms with Gasteiger partial charge in [-0.2, -0.15) is 0 Å². The molecule has 1 N–H and O–H groups in total. The number of hydrogen-bond donors (Lipinski definition) is 1. The number of nitrogens with one attached hydrogen (secondary N) is 1. The van der Waals surface area contributed by atoms with Crippen molar-refractivity contribution in [2.75, 3.05) is 20.2 Å². The lowest BCUT2D eigenvalue weighted by molar-refractivity contribution is 0.177. The van der Waals surface area contributed by atoms with Crippen molar-refractivity contribution in [3.8, 4) is 5.75 Å². The number of rotatable bonds is 6. The van der Waals surface area contributed by atoms with Crippen LogP contribution in [-0.2, 0) is 6.54 Å². The summed E-state index contributed by atoms with van der Waals surface area (Å²) >= 11 is 0. The van der Waals surface area contributed by atoms with E-state index in [0.717, 1.165) is 53.7 Å². The number of likely N-dealkylation sites (tertiary alicyclic amines) is 1. The van der Waals surface area contributed by atoms with E-state index >= 15 is 0 Å². The predicted molar refractivity (Wildman–Crippen MR) is 126 cm³/mol. The highest BCUT2D eigenvalue weighted by Crippen LogP contribution is 2.30. The zero-order valence-corrected chi connectivity index (χ0v) is 19.0. The average molecular weight is 445 g/mol. The van der Waals surface area contributed by atoms with Crippen LogP contribution in [0.1, 0.15) is 47.8 Å². The molecule has 0 spiro atoms. The number of piperidine rings is 1. The Morgan fingerprint density at radius 2 is 1.88 bits per heavy atom. The Labute approximate surface area is 192 Å². The molecule has 33 heavy (non-hydrogen) atoms. The first-order chi connectivity index (χ1) is 16.1. The third-order valence-corrected chi connectivity index (χ3v) is 6.46. The quantitative estimate of drug-likeness (QED) is 0.490. The minimum Gasteiger partial charge on any atom is -0.497 e. The summed E-state index contributed by atoms with van der Waals surface area (Å²) in [5.74, 6) is 1.49. The molecule has 5 rings (SSSR count). The van der Waals surface area contributed by atoms with E-state index in [1.54, 1.807) is 11.8 Å². The van der Waals surface area contributed by atoms with Gasteiger partial charge in [0.15, 0.2) is 5.82 Å². The third-order valence-electron chi connectivity index (χ3n) is 6.46. The van der Waals surface area contributed by atoms with E-state index in [-0.39, 0.29) is 11.6 Å². The minimum absolute atomic E-state index is 0.0913. The first-order valence-corrected chi connectivity index (χ1v) is 11.4. The summed E-state index contributed by atoms with van der Waals surface area (Å²) in [5.41, 5.74) is 3.58. The van der Waals surface area contributed by atoms with E-state index in [2.05, 4.69) is 25.4 Å². The minimum atomic E-state index is -0.313. The van der Waals surface area contributed by atoms with Gasteiger partial charge in [-0.05, 0) is 78.0 Å². The summed E-state index contributed by atoms with van der Waals surface area (Å²) < 4.78 is 7.07. The number of H-pyrrole nitrogens is 1. The van der Waals surface area contributed by atoms with Gasteiger partial charge in [0, 0.05) is 5.56 Å². The Morgan fingerprint density at radius 3 is 2.64 bits per heavy atom. The number of aromatic amines is 1. The van der Waals surface area contributed by atoms with Gasteiger partial charge in [-0.1, -0.05) is 36.8 Å². The van der Waals surface area contributed by atoms with Gasteiger partial charge in [-0.25, -0.2) is 4.68 Å². The van der Waals surface area contributed by atoms with E-state index in [1.807, 2.05) is 55.5 Å². The molecule has 2 aromatic heterocycles. The molecule has 4 aromatic rings. The van der Waals surface area contributed by atoms with Crippen molar-refractivity contribution in [3.05, 3.63) is 81.4 Å². The van der Waals surface area contributed by atoms with Gasteiger partial charge in [0.2, 0.25) is 0 Å². The molecule has 8 heteroatoms. The van der Waals surface area contributed by atoms with Crippen LogP contribution in [0, 0.1) is 6.92 Å². The smallest absolute Gasteiger partial charge is 0.253 e. The molecule has 8 nitrogen and oxygen atoms in total. The average Bonchev–Trinajstić information content (AvgIpc) is 3.29. The molecule has 3 heterocycles. The van der Waals surface area contributed by atoms with E-state index in [4.69, 9.17) is 4.74 Å². The highest BCUT2D eigenvalue weighted by molar-refractivity contribution is 5.82. The summed E-state index contributed by atoms with van der Waals surface area (Å²) in [6.07, 6.45) is 3.40. The van der Waals surface area contributed by atoms with Crippen molar-refractivity contribution in [1.82, 2.24) is 30.1 Å². The summed E-state index contributed by atoms with van der Waals surface area (Å²) in [4.78, 5) is 18.8. The summed E-state index contributed by atoms with van der Waals surface area (Å²) in [5, 5.41) is 13.7. The molecule has 1 saturated heterocycles. The number of benzene rings is 2. The van der Waals surface area contributed by atoms with E-state index < -0.39 is 0 Å². The standard InChI is InChI=1S/C25H28N6O2/c1-17-7-6-8-19-15-21(25(32)26-22(17)19)23(30-13-4-3-5-14-30)24-27-28-29-31(24)16-18-9-11-20(33-2)12-10-18/h6-12,15,23H,3-5,13-14,16H2,1-2H3,(H,26,32)/t23-/m1/s1. The number of fused-ring (bicyclic) bond motifs is 1. The second-order valence-corrected chi connectivity index (χ2v) is 8.63. The van der Waals surface area contributed by atoms with Crippen molar-refractivity contribution in [2.45, 2.75) is 38.8 Å². The second kappa shape index (κ2) is 9.15. The van der Waals surface area contributed by atoms with Crippen LogP contribution in [0.5, 0.6) is 5.75 Å². The topological polar surface area (TPSA) is 88.9 Å². The fraction of sp³-hybridized carbons (Fsp3) is 0.360. The van der Waals surface area contributed by atoms with Crippen LogP contribution in [0.4, 0.5) is 0 Å². The first kappa shape index (κ1) is 21.3. The van der Waals surface area contributed by atoms with Gasteiger partial charge < -0.3 is 9.72 Å². The zero-order chi connectivity index (χ0) is 22.8. The molecule has 1 aliphatic rings. The van der Waals surface area contributed by atoms with Gasteiger partial charge >= 0.3 is 0 Å². The van der Waals surface area contributed by atoms with Crippen LogP contribution < -0.4 is 10.3 Å². The molecule has 0 radical (unpaired) electrons. The molecular formula is C25H28N6O2. The number of ether oxygens (including phenoxy) is 1. The summed E-state index contributed by atoms with van der Waals surface area (Å²) in [6, 6.07) is 15.6. The molecule has 1 aliphatic heterocycles. The number of para-hydroxylation sites is 1. The number of aryl methyl sites for hydroxylation is 1. The van der Waals surface area contributed by atoms with E-state index in [1.165, 1.54) is 6.42 Å². The van der Waals surface area contributed by atoms with Crippen molar-refractivity contribution >= 4 is 10.9 Å². The molecule has 0 bridgehead atoms. The normalized spacial score (nSPS) is 15.6. The number of methoxy groups -OCH3 is 1. The van der Waals surface area contributed by atoms with Gasteiger partial charge in [0.1, 0.15) is 11.8 Å². The van der Waals surface area contributed by atoms with Crippen LogP contribution in [0.25, 0.3) is 10.9 Å². The lowest BCUT2D eigenvalue weighted by Crippen LogP contribution is -2.38. The molecule has 0 amide bonds. The predicted octanol–water partition coefficient (Wildman–Crippen LogP) is 3.46. The van der Waals surface area contributed by atoms with Crippen molar-refractivity contribution < 1.29 is 4.74 Å². The molecule has 1 atom stereocenters. The molecule has 0 saturated carbocycles. The van der Waals surface area contributed by atoms with Crippen molar-refractivity contribution in [1.29, 1.82) is 0 Å². The Hall–Kier alpha value is -3.52. The monoisotopic (exact) mass is 444 g/mol. The van der Waals surface area contributed by atoms with Gasteiger partial charge in [0.05, 0.1) is 19.2 Å². The maximum absolute atomic E-state index is 13.3. The number of aromatic nitrogens is 5. The number of tetrazole rings is 1. The molecule has 1 fully saturated rings. The maximum Gasteiger partial charge on any atom is 0.253 e. The van der Waals surface area contributed by atoms with Gasteiger partial charge in [0.25, 0.3) is 5.56 Å². The number of nitrogens with zero attached hydrogens (tertiary/aromatic N) is 5. The van der Waals surface area contributed by atoms with Crippen LogP contribution >= 0.6 is 0 Å².